The molecule has 0 aliphatic rings. The molecule has 20 heavy (non-hydrogen) atoms. The summed E-state index contributed by atoms with van der Waals surface area (Å²) >= 11 is 0. The summed E-state index contributed by atoms with van der Waals surface area (Å²) in [6.07, 6.45) is 1.34. The quantitative estimate of drug-likeness (QED) is 0.441. The van der Waals surface area contributed by atoms with Crippen LogP contribution in [0.25, 0.3) is 0 Å². The second-order valence-corrected chi connectivity index (χ2v) is 5.08. The van der Waals surface area contributed by atoms with Gasteiger partial charge in [-0.3, -0.25) is 9.59 Å². The molecule has 0 aromatic heterocycles. The lowest BCUT2D eigenvalue weighted by atomic mass is 10.0. The molecule has 0 heterocycles. The van der Waals surface area contributed by atoms with Crippen molar-refractivity contribution in [3.05, 3.63) is 0 Å². The largest absolute Gasteiger partial charge is 0.352 e. The van der Waals surface area contributed by atoms with Gasteiger partial charge >= 0.3 is 6.03 Å². The van der Waals surface area contributed by atoms with E-state index in [1.54, 1.807) is 6.92 Å². The third-order valence-corrected chi connectivity index (χ3v) is 3.04. The van der Waals surface area contributed by atoms with Crippen LogP contribution in [0.4, 0.5) is 4.79 Å². The number of hydrogen-bond acceptors (Lipinski definition) is 4. The van der Waals surface area contributed by atoms with E-state index in [1.807, 2.05) is 13.8 Å². The summed E-state index contributed by atoms with van der Waals surface area (Å²) in [4.78, 5) is 34.2. The van der Waals surface area contributed by atoms with Gasteiger partial charge in [-0.2, -0.15) is 0 Å². The first-order valence-corrected chi connectivity index (χ1v) is 6.91. The smallest absolute Gasteiger partial charge is 0.312 e. The van der Waals surface area contributed by atoms with Crippen LogP contribution in [-0.4, -0.2) is 36.3 Å². The fourth-order valence-corrected chi connectivity index (χ4v) is 1.65. The average molecular weight is 286 g/mol. The van der Waals surface area contributed by atoms with Crippen molar-refractivity contribution in [1.29, 1.82) is 0 Å². The molecule has 0 saturated heterocycles. The van der Waals surface area contributed by atoms with Gasteiger partial charge in [-0.25, -0.2) is 4.79 Å². The number of carbonyl (C=O) groups excluding carboxylic acids is 3. The standard InChI is InChI=1S/C13H26N4O3/c1-4-10(18)9(6-5-7-16-13(15)20)17-12(19)11(14)8(2)3/h8-9,11H,4-7,14H2,1-3H3,(H,17,19)(H3,15,16,20)/t9-,11-/m0/s1. The molecule has 0 aromatic rings. The summed E-state index contributed by atoms with van der Waals surface area (Å²) < 4.78 is 0. The first-order valence-electron chi connectivity index (χ1n) is 6.91. The predicted octanol–water partition coefficient (Wildman–Crippen LogP) is -0.118. The van der Waals surface area contributed by atoms with Crippen LogP contribution in [0, 0.1) is 5.92 Å². The van der Waals surface area contributed by atoms with Crippen LogP contribution in [0.3, 0.4) is 0 Å². The second-order valence-electron chi connectivity index (χ2n) is 5.08. The Morgan fingerprint density at radius 2 is 1.80 bits per heavy atom. The molecule has 0 saturated carbocycles. The molecular formula is C13H26N4O3. The Balaban J connectivity index is 4.39. The van der Waals surface area contributed by atoms with Crippen LogP contribution in [-0.2, 0) is 9.59 Å². The minimum absolute atomic E-state index is 0.00362. The first-order chi connectivity index (χ1) is 9.29. The second kappa shape index (κ2) is 9.30. The van der Waals surface area contributed by atoms with Gasteiger partial charge in [0.15, 0.2) is 5.78 Å². The van der Waals surface area contributed by atoms with Gasteiger partial charge in [-0.15, -0.1) is 0 Å². The summed E-state index contributed by atoms with van der Waals surface area (Å²) in [5.74, 6) is -0.369. The number of Topliss-reactive ketones (excluding diaryl/α,β-unsaturated/α-hetero) is 1. The fraction of sp³-hybridized carbons (Fsp3) is 0.769. The topological polar surface area (TPSA) is 127 Å². The minimum atomic E-state index is -0.633. The summed E-state index contributed by atoms with van der Waals surface area (Å²) in [5.41, 5.74) is 10.7. The Kier molecular flexibility index (Phi) is 8.54. The Bertz CT molecular complexity index is 345. The maximum Gasteiger partial charge on any atom is 0.312 e. The molecule has 0 spiro atoms. The molecule has 0 fully saturated rings. The molecule has 0 aliphatic carbocycles. The summed E-state index contributed by atoms with van der Waals surface area (Å²) in [6.45, 7) is 5.80. The molecule has 0 rings (SSSR count). The van der Waals surface area contributed by atoms with E-state index in [4.69, 9.17) is 11.5 Å². The number of carbonyl (C=O) groups is 3. The van der Waals surface area contributed by atoms with Gasteiger partial charge in [0.2, 0.25) is 5.91 Å². The number of nitrogens with one attached hydrogen (secondary N) is 2. The molecule has 2 atom stereocenters. The van der Waals surface area contributed by atoms with Crippen molar-refractivity contribution < 1.29 is 14.4 Å². The molecule has 6 N–H and O–H groups in total. The lowest BCUT2D eigenvalue weighted by Crippen LogP contribution is -2.50. The molecule has 0 aliphatic heterocycles. The molecule has 7 heteroatoms. The number of nitrogens with two attached hydrogens (primary N) is 2. The monoisotopic (exact) mass is 286 g/mol. The highest BCUT2D eigenvalue weighted by Gasteiger charge is 2.23. The zero-order chi connectivity index (χ0) is 15.7. The molecule has 0 unspecified atom stereocenters. The van der Waals surface area contributed by atoms with Crippen LogP contribution >= 0.6 is 0 Å². The van der Waals surface area contributed by atoms with E-state index in [9.17, 15) is 14.4 Å². The lowest BCUT2D eigenvalue weighted by molar-refractivity contribution is -0.129. The summed E-state index contributed by atoms with van der Waals surface area (Å²) in [5, 5.41) is 5.12. The van der Waals surface area contributed by atoms with E-state index in [2.05, 4.69) is 10.6 Å². The van der Waals surface area contributed by atoms with Crippen molar-refractivity contribution in [3.8, 4) is 0 Å². The molecule has 116 valence electrons. The molecule has 0 radical (unpaired) electrons. The van der Waals surface area contributed by atoms with E-state index in [0.717, 1.165) is 0 Å². The highest BCUT2D eigenvalue weighted by atomic mass is 16.2. The van der Waals surface area contributed by atoms with Crippen LogP contribution in [0.2, 0.25) is 0 Å². The number of hydrogen-bond donors (Lipinski definition) is 4. The molecule has 0 aromatic carbocycles. The van der Waals surface area contributed by atoms with Crippen molar-refractivity contribution in [1.82, 2.24) is 10.6 Å². The van der Waals surface area contributed by atoms with Gasteiger partial charge in [-0.1, -0.05) is 20.8 Å². The molecule has 7 nitrogen and oxygen atoms in total. The molecule has 3 amide bonds. The zero-order valence-corrected chi connectivity index (χ0v) is 12.4. The third kappa shape index (κ3) is 7.08. The average Bonchev–Trinajstić information content (AvgIpc) is 2.39. The SMILES string of the molecule is CCC(=O)[C@H](CCCNC(N)=O)NC(=O)[C@@H](N)C(C)C. The van der Waals surface area contributed by atoms with E-state index in [1.165, 1.54) is 0 Å². The normalized spacial score (nSPS) is 13.7. The molecule has 0 bridgehead atoms. The van der Waals surface area contributed by atoms with E-state index < -0.39 is 18.1 Å². The summed E-state index contributed by atoms with van der Waals surface area (Å²) in [7, 11) is 0. The number of ketones is 1. The van der Waals surface area contributed by atoms with Crippen molar-refractivity contribution >= 4 is 17.7 Å². The highest BCUT2D eigenvalue weighted by Crippen LogP contribution is 2.04. The number of primary amides is 1. The maximum absolute atomic E-state index is 11.9. The van der Waals surface area contributed by atoms with Crippen LogP contribution in [0.15, 0.2) is 0 Å². The minimum Gasteiger partial charge on any atom is -0.352 e. The van der Waals surface area contributed by atoms with Crippen molar-refractivity contribution in [3.63, 3.8) is 0 Å². The van der Waals surface area contributed by atoms with E-state index in [0.29, 0.717) is 25.8 Å². The first kappa shape index (κ1) is 18.4. The van der Waals surface area contributed by atoms with Crippen molar-refractivity contribution in [2.45, 2.75) is 52.1 Å². The van der Waals surface area contributed by atoms with Crippen LogP contribution < -0.4 is 22.1 Å². The summed E-state index contributed by atoms with van der Waals surface area (Å²) in [6, 6.07) is -1.80. The van der Waals surface area contributed by atoms with Gasteiger partial charge in [-0.05, 0) is 18.8 Å². The van der Waals surface area contributed by atoms with E-state index >= 15 is 0 Å². The Hall–Kier alpha value is -1.63. The Labute approximate surface area is 119 Å². The van der Waals surface area contributed by atoms with E-state index in [-0.39, 0.29) is 17.6 Å². The highest BCUT2D eigenvalue weighted by molar-refractivity contribution is 5.90. The van der Waals surface area contributed by atoms with Gasteiger partial charge in [0.05, 0.1) is 12.1 Å². The predicted molar refractivity (Wildman–Crippen MR) is 76.9 cm³/mol. The van der Waals surface area contributed by atoms with Gasteiger partial charge in [0.25, 0.3) is 0 Å². The lowest BCUT2D eigenvalue weighted by Gasteiger charge is -2.21. The number of urea groups is 1. The fourth-order valence-electron chi connectivity index (χ4n) is 1.65. The maximum atomic E-state index is 11.9. The number of amides is 3. The van der Waals surface area contributed by atoms with Crippen molar-refractivity contribution in [2.75, 3.05) is 6.54 Å². The van der Waals surface area contributed by atoms with Crippen molar-refractivity contribution in [2.24, 2.45) is 17.4 Å². The third-order valence-electron chi connectivity index (χ3n) is 3.04. The Morgan fingerprint density at radius 3 is 2.25 bits per heavy atom. The van der Waals surface area contributed by atoms with Gasteiger partial charge in [0.1, 0.15) is 0 Å². The van der Waals surface area contributed by atoms with Gasteiger partial charge in [0, 0.05) is 13.0 Å². The number of rotatable bonds is 9. The zero-order valence-electron chi connectivity index (χ0n) is 12.4. The van der Waals surface area contributed by atoms with Crippen LogP contribution in [0.1, 0.15) is 40.0 Å². The van der Waals surface area contributed by atoms with Crippen LogP contribution in [0.5, 0.6) is 0 Å². The Morgan fingerprint density at radius 1 is 1.20 bits per heavy atom. The molecular weight excluding hydrogens is 260 g/mol. The van der Waals surface area contributed by atoms with Gasteiger partial charge < -0.3 is 22.1 Å².